The lowest BCUT2D eigenvalue weighted by molar-refractivity contribution is -0.137. The molecule has 13 nitrogen and oxygen atoms in total. The summed E-state index contributed by atoms with van der Waals surface area (Å²) in [5, 5.41) is 2.59. The molecule has 57 heavy (non-hydrogen) atoms. The van der Waals surface area contributed by atoms with Crippen LogP contribution in [0.5, 0.6) is 5.75 Å². The molecule has 0 aromatic heterocycles. The maximum Gasteiger partial charge on any atom is 0.262 e. The zero-order valence-corrected chi connectivity index (χ0v) is 32.2. The van der Waals surface area contributed by atoms with Crippen molar-refractivity contribution < 1.29 is 33.5 Å². The second kappa shape index (κ2) is 16.0. The number of halogens is 1. The van der Waals surface area contributed by atoms with Crippen molar-refractivity contribution >= 4 is 58.4 Å². The Balaban J connectivity index is 0.785. The number of amides is 6. The normalized spacial score (nSPS) is 21.0. The van der Waals surface area contributed by atoms with Gasteiger partial charge in [-0.25, -0.2) is 4.85 Å². The Bertz CT molecular complexity index is 2160. The number of hydrogen-bond donors (Lipinski definition) is 1. The first kappa shape index (κ1) is 38.1. The van der Waals surface area contributed by atoms with Crippen molar-refractivity contribution in [2.24, 2.45) is 5.92 Å². The highest BCUT2D eigenvalue weighted by molar-refractivity contribution is 6.33. The number of imide groups is 2. The van der Waals surface area contributed by atoms with Gasteiger partial charge in [-0.2, -0.15) is 0 Å². The van der Waals surface area contributed by atoms with E-state index in [0.717, 1.165) is 23.4 Å². The quantitative estimate of drug-likeness (QED) is 0.241. The highest BCUT2D eigenvalue weighted by atomic mass is 35.5. The minimum absolute atomic E-state index is 0.00658. The van der Waals surface area contributed by atoms with Gasteiger partial charge in [0.25, 0.3) is 17.7 Å². The number of nitrogens with zero attached hydrogens (tertiary/aromatic N) is 5. The number of ether oxygens (including phenoxy) is 1. The summed E-state index contributed by atoms with van der Waals surface area (Å²) in [7, 11) is 0. The Morgan fingerprint density at radius 3 is 2.11 bits per heavy atom. The molecule has 5 aliphatic heterocycles. The number of rotatable bonds is 7. The lowest BCUT2D eigenvalue weighted by atomic mass is 9.87. The van der Waals surface area contributed by atoms with Crippen LogP contribution in [-0.2, 0) is 14.4 Å². The van der Waals surface area contributed by atoms with Crippen LogP contribution in [0.3, 0.4) is 0 Å². The SMILES string of the molecule is [C-]#[N+]c1ccc(OC2CCN(C(=O)c3ccc(C4CCN(C(=O)C5CCN(c6ccc7c(c6)C(=O)N(C6CCC(=O)NC6=O)C7=O)CC5)CC4)cc3)CC2)cc1Cl. The van der Waals surface area contributed by atoms with Crippen LogP contribution < -0.4 is 15.0 Å². The molecule has 6 amide bonds. The number of benzene rings is 3. The lowest BCUT2D eigenvalue weighted by Gasteiger charge is -2.38. The van der Waals surface area contributed by atoms with Gasteiger partial charge in [-0.3, -0.25) is 39.0 Å². The van der Waals surface area contributed by atoms with Gasteiger partial charge in [-0.05, 0) is 86.1 Å². The standard InChI is InChI=1S/C43H43ClN6O7/c1-45-36-9-7-32(25-35(36)44)57-31-16-22-49(23-17-31)40(53)28-4-2-26(3-5-28)27-12-20-48(21-13-27)41(54)29-14-18-47(19-15-29)30-6-8-33-34(24-30)43(56)50(42(33)55)37-10-11-38(51)46-39(37)52/h2-9,24-25,27,29,31,37H,10-23H2,(H,46,51,52). The first-order valence-electron chi connectivity index (χ1n) is 19.7. The first-order valence-corrected chi connectivity index (χ1v) is 20.1. The van der Waals surface area contributed by atoms with Crippen LogP contribution in [0.1, 0.15) is 93.9 Å². The molecular weight excluding hydrogens is 748 g/mol. The van der Waals surface area contributed by atoms with E-state index in [1.165, 1.54) is 5.56 Å². The highest BCUT2D eigenvalue weighted by Crippen LogP contribution is 2.35. The molecule has 0 saturated carbocycles. The molecule has 1 unspecified atom stereocenters. The molecule has 4 saturated heterocycles. The van der Waals surface area contributed by atoms with Crippen LogP contribution in [0.25, 0.3) is 4.85 Å². The van der Waals surface area contributed by atoms with Gasteiger partial charge in [0.1, 0.15) is 17.9 Å². The number of hydrogen-bond acceptors (Lipinski definition) is 8. The van der Waals surface area contributed by atoms with E-state index >= 15 is 0 Å². The van der Waals surface area contributed by atoms with Crippen LogP contribution >= 0.6 is 11.6 Å². The minimum Gasteiger partial charge on any atom is -0.490 e. The predicted octanol–water partition coefficient (Wildman–Crippen LogP) is 5.60. The maximum absolute atomic E-state index is 13.6. The average molecular weight is 791 g/mol. The van der Waals surface area contributed by atoms with Crippen molar-refractivity contribution in [2.75, 3.05) is 44.2 Å². The Morgan fingerprint density at radius 1 is 0.754 bits per heavy atom. The molecule has 0 bridgehead atoms. The zero-order chi connectivity index (χ0) is 39.8. The Morgan fingerprint density at radius 2 is 1.44 bits per heavy atom. The molecule has 0 radical (unpaired) electrons. The summed E-state index contributed by atoms with van der Waals surface area (Å²) in [6, 6.07) is 17.1. The molecule has 294 valence electrons. The number of anilines is 1. The largest absolute Gasteiger partial charge is 0.490 e. The molecule has 1 N–H and O–H groups in total. The molecule has 0 spiro atoms. The van der Waals surface area contributed by atoms with Crippen LogP contribution in [0, 0.1) is 12.5 Å². The number of likely N-dealkylation sites (tertiary alicyclic amines) is 2. The third kappa shape index (κ3) is 7.70. The smallest absolute Gasteiger partial charge is 0.262 e. The van der Waals surface area contributed by atoms with Gasteiger partial charge in [0, 0.05) is 75.7 Å². The van der Waals surface area contributed by atoms with E-state index in [4.69, 9.17) is 22.9 Å². The number of carbonyl (C=O) groups excluding carboxylic acids is 6. The summed E-state index contributed by atoms with van der Waals surface area (Å²) in [5.41, 5.74) is 3.52. The highest BCUT2D eigenvalue weighted by Gasteiger charge is 2.45. The van der Waals surface area contributed by atoms with E-state index in [1.807, 2.05) is 40.1 Å². The zero-order valence-electron chi connectivity index (χ0n) is 31.5. The van der Waals surface area contributed by atoms with Crippen LogP contribution in [0.4, 0.5) is 11.4 Å². The molecule has 5 aliphatic rings. The van der Waals surface area contributed by atoms with E-state index in [1.54, 1.807) is 30.3 Å². The monoisotopic (exact) mass is 790 g/mol. The Hall–Kier alpha value is -5.74. The summed E-state index contributed by atoms with van der Waals surface area (Å²) in [6.45, 7) is 11.0. The van der Waals surface area contributed by atoms with Crippen molar-refractivity contribution in [1.82, 2.24) is 20.0 Å². The van der Waals surface area contributed by atoms with Gasteiger partial charge in [0.15, 0.2) is 0 Å². The maximum atomic E-state index is 13.6. The molecule has 4 fully saturated rings. The molecule has 3 aromatic carbocycles. The fraction of sp³-hybridized carbons (Fsp3) is 0.419. The van der Waals surface area contributed by atoms with Gasteiger partial charge in [-0.1, -0.05) is 29.8 Å². The molecule has 8 rings (SSSR count). The van der Waals surface area contributed by atoms with Crippen molar-refractivity contribution in [3.8, 4) is 5.75 Å². The Labute approximate surface area is 335 Å². The first-order chi connectivity index (χ1) is 27.6. The van der Waals surface area contributed by atoms with Gasteiger partial charge in [0.2, 0.25) is 23.4 Å². The molecule has 0 aliphatic carbocycles. The number of carbonyl (C=O) groups is 6. The summed E-state index contributed by atoms with van der Waals surface area (Å²) >= 11 is 6.16. The molecule has 5 heterocycles. The summed E-state index contributed by atoms with van der Waals surface area (Å²) in [6.07, 6.45) is 4.63. The number of piperidine rings is 4. The topological polar surface area (TPSA) is 141 Å². The van der Waals surface area contributed by atoms with E-state index in [9.17, 15) is 28.8 Å². The number of fused-ring (bicyclic) bond motifs is 1. The predicted molar refractivity (Wildman–Crippen MR) is 210 cm³/mol. The molecule has 1 atom stereocenters. The second-order valence-electron chi connectivity index (χ2n) is 15.5. The Kier molecular flexibility index (Phi) is 10.7. The fourth-order valence-electron chi connectivity index (χ4n) is 8.83. The summed E-state index contributed by atoms with van der Waals surface area (Å²) < 4.78 is 6.08. The molecule has 14 heteroatoms. The van der Waals surface area contributed by atoms with Crippen LogP contribution in [-0.4, -0.2) is 102 Å². The van der Waals surface area contributed by atoms with Gasteiger partial charge in [0.05, 0.1) is 22.7 Å². The summed E-state index contributed by atoms with van der Waals surface area (Å²) in [5.74, 6) is -1.07. The van der Waals surface area contributed by atoms with Crippen LogP contribution in [0.15, 0.2) is 60.7 Å². The third-order valence-corrected chi connectivity index (χ3v) is 12.4. The fourth-order valence-corrected chi connectivity index (χ4v) is 9.05. The van der Waals surface area contributed by atoms with Crippen molar-refractivity contribution in [2.45, 2.75) is 69.4 Å². The van der Waals surface area contributed by atoms with Gasteiger partial charge < -0.3 is 19.4 Å². The lowest BCUT2D eigenvalue weighted by Crippen LogP contribution is -2.54. The van der Waals surface area contributed by atoms with E-state index < -0.39 is 29.7 Å². The van der Waals surface area contributed by atoms with Gasteiger partial charge in [-0.15, -0.1) is 0 Å². The van der Waals surface area contributed by atoms with Crippen LogP contribution in [0.2, 0.25) is 5.02 Å². The summed E-state index contributed by atoms with van der Waals surface area (Å²) in [4.78, 5) is 87.8. The molecule has 3 aromatic rings. The van der Waals surface area contributed by atoms with E-state index in [2.05, 4.69) is 15.1 Å². The van der Waals surface area contributed by atoms with E-state index in [-0.39, 0.29) is 47.8 Å². The second-order valence-corrected chi connectivity index (χ2v) is 15.9. The minimum atomic E-state index is -1.01. The number of nitrogens with one attached hydrogen (secondary N) is 1. The van der Waals surface area contributed by atoms with Crippen molar-refractivity contribution in [3.05, 3.63) is 99.4 Å². The van der Waals surface area contributed by atoms with E-state index in [0.29, 0.717) is 92.9 Å². The van der Waals surface area contributed by atoms with Crippen molar-refractivity contribution in [1.29, 1.82) is 0 Å². The third-order valence-electron chi connectivity index (χ3n) is 12.1. The van der Waals surface area contributed by atoms with Gasteiger partial charge >= 0.3 is 0 Å². The molecular formula is C43H43ClN6O7. The van der Waals surface area contributed by atoms with Crippen molar-refractivity contribution in [3.63, 3.8) is 0 Å². The average Bonchev–Trinajstić information content (AvgIpc) is 3.48.